The minimum atomic E-state index is -0.489. The molecular weight excluding hydrogens is 219 g/mol. The summed E-state index contributed by atoms with van der Waals surface area (Å²) in [6.45, 7) is 2.82. The highest BCUT2D eigenvalue weighted by Gasteiger charge is 2.22. The Morgan fingerprint density at radius 2 is 2.41 bits per heavy atom. The maximum absolute atomic E-state index is 13.4. The van der Waals surface area contributed by atoms with E-state index in [1.54, 1.807) is 12.1 Å². The molecule has 1 aromatic rings. The second kappa shape index (κ2) is 5.15. The molecule has 1 aliphatic heterocycles. The Labute approximate surface area is 100 Å². The monoisotopic (exact) mass is 234 g/mol. The van der Waals surface area contributed by atoms with Crippen molar-refractivity contribution < 1.29 is 9.13 Å². The molecule has 1 aliphatic rings. The van der Waals surface area contributed by atoms with Gasteiger partial charge in [0.2, 0.25) is 0 Å². The molecule has 0 saturated carbocycles. The van der Waals surface area contributed by atoms with Crippen LogP contribution in [-0.4, -0.2) is 18.8 Å². The first-order valence-electron chi connectivity index (χ1n) is 5.78. The van der Waals surface area contributed by atoms with Crippen LogP contribution in [0.1, 0.15) is 25.3 Å². The zero-order chi connectivity index (χ0) is 12.3. The molecule has 90 valence electrons. The lowest BCUT2D eigenvalue weighted by atomic mass is 10.1. The number of hydrogen-bond acceptors (Lipinski definition) is 3. The van der Waals surface area contributed by atoms with Crippen LogP contribution >= 0.6 is 0 Å². The molecule has 0 aromatic heterocycles. The fourth-order valence-electron chi connectivity index (χ4n) is 2.05. The molecule has 4 heteroatoms. The smallest absolute Gasteiger partial charge is 0.143 e. The van der Waals surface area contributed by atoms with Crippen molar-refractivity contribution in [3.05, 3.63) is 29.6 Å². The van der Waals surface area contributed by atoms with Gasteiger partial charge in [-0.3, -0.25) is 0 Å². The molecule has 0 spiro atoms. The Kier molecular flexibility index (Phi) is 3.60. The Morgan fingerprint density at radius 1 is 1.59 bits per heavy atom. The van der Waals surface area contributed by atoms with Crippen LogP contribution in [0.15, 0.2) is 18.2 Å². The molecule has 2 atom stereocenters. The first-order chi connectivity index (χ1) is 8.20. The summed E-state index contributed by atoms with van der Waals surface area (Å²) in [5.74, 6) is -0.489. The van der Waals surface area contributed by atoms with E-state index in [1.165, 1.54) is 12.1 Å². The highest BCUT2D eigenvalue weighted by molar-refractivity contribution is 5.48. The molecule has 1 saturated heterocycles. The molecule has 1 N–H and O–H groups in total. The number of benzene rings is 1. The Balaban J connectivity index is 2.03. The summed E-state index contributed by atoms with van der Waals surface area (Å²) >= 11 is 0. The molecule has 0 aliphatic carbocycles. The summed E-state index contributed by atoms with van der Waals surface area (Å²) in [5.41, 5.74) is 0.754. The van der Waals surface area contributed by atoms with Gasteiger partial charge in [0.05, 0.1) is 11.7 Å². The van der Waals surface area contributed by atoms with Crippen LogP contribution < -0.4 is 5.32 Å². The van der Waals surface area contributed by atoms with Crippen molar-refractivity contribution in [2.75, 3.05) is 11.9 Å². The molecule has 0 amide bonds. The average Bonchev–Trinajstić information content (AvgIpc) is 2.82. The minimum absolute atomic E-state index is 0.0697. The Morgan fingerprint density at radius 3 is 3.00 bits per heavy atom. The van der Waals surface area contributed by atoms with Crippen molar-refractivity contribution in [2.24, 2.45) is 0 Å². The van der Waals surface area contributed by atoms with Gasteiger partial charge in [-0.25, -0.2) is 4.39 Å². The topological polar surface area (TPSA) is 45.0 Å². The van der Waals surface area contributed by atoms with Gasteiger partial charge in [0.25, 0.3) is 0 Å². The van der Waals surface area contributed by atoms with Gasteiger partial charge in [0.1, 0.15) is 11.9 Å². The Hall–Kier alpha value is -1.60. The number of hydrogen-bond donors (Lipinski definition) is 1. The molecule has 0 bridgehead atoms. The third-order valence-corrected chi connectivity index (χ3v) is 3.01. The van der Waals surface area contributed by atoms with E-state index in [2.05, 4.69) is 5.32 Å². The fraction of sp³-hybridized carbons (Fsp3) is 0.462. The second-order valence-electron chi connectivity index (χ2n) is 4.29. The Bertz CT molecular complexity index is 436. The van der Waals surface area contributed by atoms with E-state index in [1.807, 2.05) is 6.92 Å². The maximum Gasteiger partial charge on any atom is 0.143 e. The zero-order valence-electron chi connectivity index (χ0n) is 9.74. The van der Waals surface area contributed by atoms with Crippen LogP contribution in [0.2, 0.25) is 0 Å². The molecule has 1 heterocycles. The summed E-state index contributed by atoms with van der Waals surface area (Å²) in [5, 5.41) is 11.8. The van der Waals surface area contributed by atoms with Gasteiger partial charge < -0.3 is 10.1 Å². The van der Waals surface area contributed by atoms with E-state index < -0.39 is 5.82 Å². The average molecular weight is 234 g/mol. The van der Waals surface area contributed by atoms with Gasteiger partial charge >= 0.3 is 0 Å². The standard InChI is InChI=1S/C13H15FN2O/c1-9(13-3-2-6-17-13)16-11-5-4-10(8-15)12(14)7-11/h4-5,7,9,13,16H,2-3,6H2,1H3. The van der Waals surface area contributed by atoms with Gasteiger partial charge in [-0.2, -0.15) is 5.26 Å². The number of anilines is 1. The predicted octanol–water partition coefficient (Wildman–Crippen LogP) is 2.68. The molecule has 0 radical (unpaired) electrons. The van der Waals surface area contributed by atoms with Crippen LogP contribution in [0, 0.1) is 17.1 Å². The molecule has 1 aromatic carbocycles. The van der Waals surface area contributed by atoms with Crippen molar-refractivity contribution in [1.82, 2.24) is 0 Å². The number of halogens is 1. The van der Waals surface area contributed by atoms with Crippen LogP contribution in [0.25, 0.3) is 0 Å². The number of nitrogens with one attached hydrogen (secondary N) is 1. The van der Waals surface area contributed by atoms with Crippen molar-refractivity contribution in [1.29, 1.82) is 5.26 Å². The first-order valence-corrected chi connectivity index (χ1v) is 5.78. The molecule has 2 unspecified atom stereocenters. The third-order valence-electron chi connectivity index (χ3n) is 3.01. The van der Waals surface area contributed by atoms with Gasteiger partial charge in [-0.15, -0.1) is 0 Å². The quantitative estimate of drug-likeness (QED) is 0.874. The summed E-state index contributed by atoms with van der Waals surface area (Å²) in [4.78, 5) is 0. The lowest BCUT2D eigenvalue weighted by Gasteiger charge is -2.21. The van der Waals surface area contributed by atoms with E-state index in [0.29, 0.717) is 5.69 Å². The maximum atomic E-state index is 13.4. The summed E-state index contributed by atoms with van der Waals surface area (Å²) < 4.78 is 18.9. The molecular formula is C13H15FN2O. The fourth-order valence-corrected chi connectivity index (χ4v) is 2.05. The highest BCUT2D eigenvalue weighted by Crippen LogP contribution is 2.20. The third kappa shape index (κ3) is 2.75. The first kappa shape index (κ1) is 11.9. The van der Waals surface area contributed by atoms with Crippen LogP contribution in [0.4, 0.5) is 10.1 Å². The van der Waals surface area contributed by atoms with E-state index in [4.69, 9.17) is 10.00 Å². The van der Waals surface area contributed by atoms with E-state index >= 15 is 0 Å². The summed E-state index contributed by atoms with van der Waals surface area (Å²) in [6, 6.07) is 6.50. The summed E-state index contributed by atoms with van der Waals surface area (Å²) in [7, 11) is 0. The van der Waals surface area contributed by atoms with Crippen molar-refractivity contribution in [2.45, 2.75) is 31.9 Å². The van der Waals surface area contributed by atoms with Crippen LogP contribution in [-0.2, 0) is 4.74 Å². The zero-order valence-corrected chi connectivity index (χ0v) is 9.74. The lowest BCUT2D eigenvalue weighted by Crippen LogP contribution is -2.30. The number of ether oxygens (including phenoxy) is 1. The predicted molar refractivity (Wildman–Crippen MR) is 63.2 cm³/mol. The van der Waals surface area contributed by atoms with Crippen LogP contribution in [0.5, 0.6) is 0 Å². The van der Waals surface area contributed by atoms with E-state index in [0.717, 1.165) is 19.4 Å². The molecule has 1 fully saturated rings. The van der Waals surface area contributed by atoms with Crippen molar-refractivity contribution in [3.63, 3.8) is 0 Å². The SMILES string of the molecule is CC(Nc1ccc(C#N)c(F)c1)C1CCCO1. The minimum Gasteiger partial charge on any atom is -0.380 e. The lowest BCUT2D eigenvalue weighted by molar-refractivity contribution is 0.0996. The molecule has 3 nitrogen and oxygen atoms in total. The normalized spacial score (nSPS) is 20.9. The van der Waals surface area contributed by atoms with E-state index in [9.17, 15) is 4.39 Å². The number of rotatable bonds is 3. The molecule has 2 rings (SSSR count). The van der Waals surface area contributed by atoms with Crippen LogP contribution in [0.3, 0.4) is 0 Å². The number of nitriles is 1. The summed E-state index contributed by atoms with van der Waals surface area (Å²) in [6.07, 6.45) is 2.31. The van der Waals surface area contributed by atoms with E-state index in [-0.39, 0.29) is 17.7 Å². The van der Waals surface area contributed by atoms with Gasteiger partial charge in [-0.1, -0.05) is 0 Å². The highest BCUT2D eigenvalue weighted by atomic mass is 19.1. The molecule has 17 heavy (non-hydrogen) atoms. The van der Waals surface area contributed by atoms with Gasteiger partial charge in [0.15, 0.2) is 0 Å². The van der Waals surface area contributed by atoms with Gasteiger partial charge in [-0.05, 0) is 38.0 Å². The number of nitrogens with zero attached hydrogens (tertiary/aromatic N) is 1. The van der Waals surface area contributed by atoms with Crippen molar-refractivity contribution in [3.8, 4) is 6.07 Å². The van der Waals surface area contributed by atoms with Crippen molar-refractivity contribution >= 4 is 5.69 Å². The second-order valence-corrected chi connectivity index (χ2v) is 4.29. The van der Waals surface area contributed by atoms with Gasteiger partial charge in [0, 0.05) is 18.3 Å². The largest absolute Gasteiger partial charge is 0.380 e.